The van der Waals surface area contributed by atoms with Crippen LogP contribution in [0.15, 0.2) is 41.7 Å². The lowest BCUT2D eigenvalue weighted by molar-refractivity contribution is 0.499. The molecule has 1 saturated heterocycles. The minimum absolute atomic E-state index is 0.0937. The summed E-state index contributed by atoms with van der Waals surface area (Å²) >= 11 is 0. The second-order valence-corrected chi connectivity index (χ2v) is 8.09. The van der Waals surface area contributed by atoms with Gasteiger partial charge in [-0.25, -0.2) is 9.97 Å². The Bertz CT molecular complexity index is 1060. The number of aromatic nitrogens is 4. The molecule has 5 rings (SSSR count). The number of aryl methyl sites for hydroxylation is 1. The Morgan fingerprint density at radius 1 is 0.931 bits per heavy atom. The van der Waals surface area contributed by atoms with Gasteiger partial charge in [0, 0.05) is 37.9 Å². The smallest absolute Gasteiger partial charge is 0.261 e. The molecule has 29 heavy (non-hydrogen) atoms. The molecule has 2 aliphatic rings. The van der Waals surface area contributed by atoms with Gasteiger partial charge in [0.15, 0.2) is 0 Å². The van der Waals surface area contributed by atoms with Crippen LogP contribution in [-0.4, -0.2) is 45.7 Å². The first-order chi connectivity index (χ1) is 14.2. The Labute approximate surface area is 170 Å². The highest BCUT2D eigenvalue weighted by Gasteiger charge is 2.21. The summed E-state index contributed by atoms with van der Waals surface area (Å²) in [5.41, 5.74) is 2.94. The first-order valence-electron chi connectivity index (χ1n) is 10.5. The number of hydrogen-bond acceptors (Lipinski definition) is 6. The molecular formula is C22H26N6O. The predicted molar refractivity (Wildman–Crippen MR) is 115 cm³/mol. The third-order valence-corrected chi connectivity index (χ3v) is 6.22. The summed E-state index contributed by atoms with van der Waals surface area (Å²) in [5.74, 6) is 0.933. The molecule has 0 amide bonds. The molecule has 3 aromatic rings. The Balaban J connectivity index is 1.34. The molecule has 150 valence electrons. The van der Waals surface area contributed by atoms with Gasteiger partial charge in [-0.3, -0.25) is 14.3 Å². The number of anilines is 2. The summed E-state index contributed by atoms with van der Waals surface area (Å²) in [4.78, 5) is 31.0. The third-order valence-electron chi connectivity index (χ3n) is 6.22. The molecule has 1 aromatic carbocycles. The van der Waals surface area contributed by atoms with E-state index in [0.29, 0.717) is 6.04 Å². The molecule has 7 heteroatoms. The van der Waals surface area contributed by atoms with Gasteiger partial charge in [-0.15, -0.1) is 0 Å². The van der Waals surface area contributed by atoms with E-state index in [1.54, 1.807) is 6.33 Å². The molecule has 7 nitrogen and oxygen atoms in total. The Morgan fingerprint density at radius 3 is 2.41 bits per heavy atom. The van der Waals surface area contributed by atoms with Gasteiger partial charge in [0.25, 0.3) is 5.56 Å². The van der Waals surface area contributed by atoms with Gasteiger partial charge >= 0.3 is 0 Å². The van der Waals surface area contributed by atoms with E-state index in [2.05, 4.69) is 36.9 Å². The molecule has 0 unspecified atom stereocenters. The lowest BCUT2D eigenvalue weighted by atomic mass is 10.1. The predicted octanol–water partition coefficient (Wildman–Crippen LogP) is 2.94. The van der Waals surface area contributed by atoms with E-state index >= 15 is 0 Å². The number of nitrogens with zero attached hydrogens (tertiary/aromatic N) is 6. The molecule has 0 radical (unpaired) electrons. The lowest BCUT2D eigenvalue weighted by Crippen LogP contribution is -2.46. The van der Waals surface area contributed by atoms with Crippen molar-refractivity contribution >= 4 is 22.4 Å². The van der Waals surface area contributed by atoms with Gasteiger partial charge in [0.2, 0.25) is 0 Å². The Hall–Kier alpha value is -2.96. The zero-order valence-corrected chi connectivity index (χ0v) is 16.8. The molecule has 1 aliphatic heterocycles. The van der Waals surface area contributed by atoms with Crippen molar-refractivity contribution in [1.82, 2.24) is 19.5 Å². The van der Waals surface area contributed by atoms with Crippen LogP contribution in [0, 0.1) is 6.92 Å². The molecule has 2 aromatic heterocycles. The monoisotopic (exact) mass is 390 g/mol. The van der Waals surface area contributed by atoms with Gasteiger partial charge in [0.1, 0.15) is 5.82 Å². The van der Waals surface area contributed by atoms with Crippen molar-refractivity contribution in [3.63, 3.8) is 0 Å². The Morgan fingerprint density at radius 2 is 1.69 bits per heavy atom. The zero-order chi connectivity index (χ0) is 19.8. The molecule has 3 heterocycles. The number of rotatable bonds is 3. The topological polar surface area (TPSA) is 67.2 Å². The summed E-state index contributed by atoms with van der Waals surface area (Å²) in [6.45, 7) is 5.55. The van der Waals surface area contributed by atoms with Crippen LogP contribution in [-0.2, 0) is 0 Å². The van der Waals surface area contributed by atoms with Gasteiger partial charge < -0.3 is 9.80 Å². The van der Waals surface area contributed by atoms with Gasteiger partial charge in [-0.1, -0.05) is 12.8 Å². The van der Waals surface area contributed by atoms with Crippen LogP contribution in [0.1, 0.15) is 37.4 Å². The van der Waals surface area contributed by atoms with E-state index < -0.39 is 0 Å². The lowest BCUT2D eigenvalue weighted by Gasteiger charge is -2.36. The van der Waals surface area contributed by atoms with Crippen LogP contribution in [0.25, 0.3) is 10.9 Å². The fourth-order valence-corrected chi connectivity index (χ4v) is 4.51. The maximum absolute atomic E-state index is 12.9. The third kappa shape index (κ3) is 3.45. The van der Waals surface area contributed by atoms with Crippen LogP contribution in [0.5, 0.6) is 0 Å². The first-order valence-corrected chi connectivity index (χ1v) is 10.5. The van der Waals surface area contributed by atoms with Crippen molar-refractivity contribution in [1.29, 1.82) is 0 Å². The van der Waals surface area contributed by atoms with Gasteiger partial charge in [-0.05, 0) is 38.0 Å². The van der Waals surface area contributed by atoms with E-state index in [0.717, 1.165) is 67.1 Å². The molecule has 2 fully saturated rings. The molecule has 0 N–H and O–H groups in total. The summed E-state index contributed by atoms with van der Waals surface area (Å²) < 4.78 is 1.84. The van der Waals surface area contributed by atoms with E-state index in [-0.39, 0.29) is 5.56 Å². The number of piperazine rings is 1. The zero-order valence-electron chi connectivity index (χ0n) is 16.8. The standard InChI is InChI=1S/C22H26N6O/c1-16-13-24-21(14-23-16)27-10-8-26(9-11-27)18-6-7-19-20(12-18)25-15-28(22(19)29)17-4-2-3-5-17/h6-7,12-15,17H,2-5,8-11H2,1H3. The molecular weight excluding hydrogens is 364 g/mol. The summed E-state index contributed by atoms with van der Waals surface area (Å²) in [7, 11) is 0. The average molecular weight is 390 g/mol. The fourth-order valence-electron chi connectivity index (χ4n) is 4.51. The first kappa shape index (κ1) is 18.1. The summed E-state index contributed by atoms with van der Waals surface area (Å²) in [6, 6.07) is 6.38. The van der Waals surface area contributed by atoms with Crippen LogP contribution in [0.4, 0.5) is 11.5 Å². The summed E-state index contributed by atoms with van der Waals surface area (Å²) in [6.07, 6.45) is 9.98. The number of hydrogen-bond donors (Lipinski definition) is 0. The second-order valence-electron chi connectivity index (χ2n) is 8.09. The highest BCUT2D eigenvalue weighted by molar-refractivity contribution is 5.81. The van der Waals surface area contributed by atoms with E-state index in [9.17, 15) is 4.79 Å². The number of fused-ring (bicyclic) bond motifs is 1. The van der Waals surface area contributed by atoms with Crippen LogP contribution >= 0.6 is 0 Å². The largest absolute Gasteiger partial charge is 0.368 e. The van der Waals surface area contributed by atoms with Crippen molar-refractivity contribution in [3.05, 3.63) is 53.0 Å². The quantitative estimate of drug-likeness (QED) is 0.685. The highest BCUT2D eigenvalue weighted by atomic mass is 16.1. The summed E-state index contributed by atoms with van der Waals surface area (Å²) in [5, 5.41) is 0.719. The van der Waals surface area contributed by atoms with Crippen molar-refractivity contribution in [2.75, 3.05) is 36.0 Å². The van der Waals surface area contributed by atoms with Crippen molar-refractivity contribution < 1.29 is 0 Å². The highest BCUT2D eigenvalue weighted by Crippen LogP contribution is 2.29. The fraction of sp³-hybridized carbons (Fsp3) is 0.455. The molecule has 0 spiro atoms. The van der Waals surface area contributed by atoms with E-state index in [1.165, 1.54) is 12.8 Å². The van der Waals surface area contributed by atoms with E-state index in [4.69, 9.17) is 0 Å². The van der Waals surface area contributed by atoms with Gasteiger partial charge in [0.05, 0.1) is 35.3 Å². The second kappa shape index (κ2) is 7.46. The van der Waals surface area contributed by atoms with E-state index in [1.807, 2.05) is 30.0 Å². The van der Waals surface area contributed by atoms with Crippen molar-refractivity contribution in [2.24, 2.45) is 0 Å². The minimum atomic E-state index is 0.0937. The average Bonchev–Trinajstić information content (AvgIpc) is 3.29. The normalized spacial score (nSPS) is 18.0. The van der Waals surface area contributed by atoms with Crippen LogP contribution in [0.2, 0.25) is 0 Å². The SMILES string of the molecule is Cc1cnc(N2CCN(c3ccc4c(=O)n(C5CCCC5)cnc4c3)CC2)cn1. The maximum atomic E-state index is 12.9. The van der Waals surface area contributed by atoms with Gasteiger partial charge in [-0.2, -0.15) is 0 Å². The molecule has 1 aliphatic carbocycles. The van der Waals surface area contributed by atoms with Crippen molar-refractivity contribution in [2.45, 2.75) is 38.6 Å². The molecule has 1 saturated carbocycles. The van der Waals surface area contributed by atoms with Crippen LogP contribution in [0.3, 0.4) is 0 Å². The maximum Gasteiger partial charge on any atom is 0.261 e. The Kier molecular flexibility index (Phi) is 4.66. The van der Waals surface area contributed by atoms with Crippen LogP contribution < -0.4 is 15.4 Å². The van der Waals surface area contributed by atoms with Crippen molar-refractivity contribution in [3.8, 4) is 0 Å². The molecule has 0 atom stereocenters. The minimum Gasteiger partial charge on any atom is -0.368 e. The molecule has 0 bridgehead atoms. The number of benzene rings is 1.